The number of hydrogen-bond donors (Lipinski definition) is 1. The number of sulfonamides is 1. The van der Waals surface area contributed by atoms with E-state index in [0.29, 0.717) is 17.3 Å². The largest absolute Gasteiger partial charge is 0.243 e. The maximum atomic E-state index is 12.4. The van der Waals surface area contributed by atoms with Crippen LogP contribution in [0.1, 0.15) is 32.1 Å². The summed E-state index contributed by atoms with van der Waals surface area (Å²) >= 11 is 9.22. The fraction of sp³-hybridized carbons (Fsp3) is 0.462. The lowest BCUT2D eigenvalue weighted by molar-refractivity contribution is 0.338. The zero-order valence-electron chi connectivity index (χ0n) is 10.7. The summed E-state index contributed by atoms with van der Waals surface area (Å²) < 4.78 is 28.1. The van der Waals surface area contributed by atoms with E-state index in [9.17, 15) is 13.7 Å². The molecule has 0 saturated heterocycles. The Morgan fingerprint density at radius 2 is 1.95 bits per heavy atom. The van der Waals surface area contributed by atoms with Crippen LogP contribution in [0, 0.1) is 11.3 Å². The topological polar surface area (TPSA) is 70.0 Å². The molecule has 1 aromatic carbocycles. The maximum Gasteiger partial charge on any atom is 0.243 e. The van der Waals surface area contributed by atoms with Crippen LogP contribution in [0.2, 0.25) is 5.02 Å². The molecule has 1 saturated carbocycles. The molecule has 1 N–H and O–H groups in total. The van der Waals surface area contributed by atoms with Crippen molar-refractivity contribution < 1.29 is 8.42 Å². The highest BCUT2D eigenvalue weighted by Crippen LogP contribution is 2.31. The number of nitrogens with one attached hydrogen (secondary N) is 1. The number of benzene rings is 1. The van der Waals surface area contributed by atoms with Crippen LogP contribution in [0.4, 0.5) is 0 Å². The first kappa shape index (κ1) is 15.8. The van der Waals surface area contributed by atoms with Gasteiger partial charge in [0.25, 0.3) is 0 Å². The Morgan fingerprint density at radius 1 is 1.30 bits per heavy atom. The van der Waals surface area contributed by atoms with Crippen molar-refractivity contribution in [3.8, 4) is 6.07 Å². The number of rotatable bonds is 3. The van der Waals surface area contributed by atoms with Gasteiger partial charge in [0.2, 0.25) is 10.0 Å². The average Bonchev–Trinajstić information content (AvgIpc) is 2.38. The highest BCUT2D eigenvalue weighted by Gasteiger charge is 2.37. The predicted octanol–water partition coefficient (Wildman–Crippen LogP) is 3.61. The predicted molar refractivity (Wildman–Crippen MR) is 80.9 cm³/mol. The Morgan fingerprint density at radius 3 is 2.50 bits per heavy atom. The van der Waals surface area contributed by atoms with Crippen LogP contribution in [-0.4, -0.2) is 14.0 Å². The van der Waals surface area contributed by atoms with E-state index in [-0.39, 0.29) is 9.92 Å². The van der Waals surface area contributed by atoms with Gasteiger partial charge in [0.15, 0.2) is 0 Å². The molecule has 4 nitrogen and oxygen atoms in total. The Labute approximate surface area is 132 Å². The Hall–Kier alpha value is -0.610. The van der Waals surface area contributed by atoms with Gasteiger partial charge < -0.3 is 0 Å². The van der Waals surface area contributed by atoms with Gasteiger partial charge in [0.1, 0.15) is 10.4 Å². The lowest BCUT2D eigenvalue weighted by atomic mass is 9.84. The van der Waals surface area contributed by atoms with Crippen molar-refractivity contribution in [2.75, 3.05) is 0 Å². The molecule has 1 aromatic rings. The van der Waals surface area contributed by atoms with Crippen molar-refractivity contribution in [2.45, 2.75) is 42.5 Å². The Balaban J connectivity index is 2.33. The van der Waals surface area contributed by atoms with E-state index in [2.05, 4.69) is 26.7 Å². The first-order valence-corrected chi connectivity index (χ1v) is 8.94. The van der Waals surface area contributed by atoms with E-state index in [4.69, 9.17) is 11.6 Å². The van der Waals surface area contributed by atoms with Crippen LogP contribution in [-0.2, 0) is 10.0 Å². The zero-order valence-corrected chi connectivity index (χ0v) is 13.9. The molecule has 0 aromatic heterocycles. The molecule has 0 aliphatic heterocycles. The number of nitrogens with zero attached hydrogens (tertiary/aromatic N) is 1. The van der Waals surface area contributed by atoms with Gasteiger partial charge in [-0.25, -0.2) is 8.42 Å². The van der Waals surface area contributed by atoms with E-state index >= 15 is 0 Å². The molecule has 1 aliphatic carbocycles. The van der Waals surface area contributed by atoms with E-state index < -0.39 is 15.6 Å². The third kappa shape index (κ3) is 3.34. The molecule has 0 bridgehead atoms. The number of nitriles is 1. The van der Waals surface area contributed by atoms with Crippen LogP contribution in [0.15, 0.2) is 27.6 Å². The molecule has 0 heterocycles. The van der Waals surface area contributed by atoms with Crippen LogP contribution in [0.25, 0.3) is 0 Å². The molecule has 0 amide bonds. The van der Waals surface area contributed by atoms with E-state index in [1.165, 1.54) is 12.1 Å². The van der Waals surface area contributed by atoms with Gasteiger partial charge in [-0.15, -0.1) is 0 Å². The maximum absolute atomic E-state index is 12.4. The molecule has 1 fully saturated rings. The third-order valence-corrected chi connectivity index (χ3v) is 5.95. The molecular weight excluding hydrogens is 364 g/mol. The van der Waals surface area contributed by atoms with Gasteiger partial charge in [0, 0.05) is 4.47 Å². The zero-order chi connectivity index (χ0) is 14.8. The molecule has 0 radical (unpaired) electrons. The smallest absolute Gasteiger partial charge is 0.207 e. The fourth-order valence-corrected chi connectivity index (χ4v) is 4.81. The second-order valence-electron chi connectivity index (χ2n) is 4.93. The van der Waals surface area contributed by atoms with Gasteiger partial charge in [-0.05, 0) is 31.0 Å². The van der Waals surface area contributed by atoms with E-state index in [1.54, 1.807) is 6.07 Å². The molecular formula is C13H14BrClN2O2S. The van der Waals surface area contributed by atoms with Crippen molar-refractivity contribution in [1.29, 1.82) is 5.26 Å². The van der Waals surface area contributed by atoms with Crippen molar-refractivity contribution >= 4 is 37.6 Å². The number of halogens is 2. The minimum atomic E-state index is -3.80. The molecule has 108 valence electrons. The van der Waals surface area contributed by atoms with Crippen molar-refractivity contribution in [3.05, 3.63) is 27.7 Å². The lowest BCUT2D eigenvalue weighted by Crippen LogP contribution is -2.48. The summed E-state index contributed by atoms with van der Waals surface area (Å²) in [5.74, 6) is 0. The normalized spacial score (nSPS) is 18.4. The van der Waals surface area contributed by atoms with Crippen molar-refractivity contribution in [1.82, 2.24) is 4.72 Å². The van der Waals surface area contributed by atoms with Crippen molar-refractivity contribution in [3.63, 3.8) is 0 Å². The van der Waals surface area contributed by atoms with Gasteiger partial charge in [-0.1, -0.05) is 46.8 Å². The first-order valence-electron chi connectivity index (χ1n) is 6.29. The number of hydrogen-bond acceptors (Lipinski definition) is 3. The third-order valence-electron chi connectivity index (χ3n) is 3.43. The summed E-state index contributed by atoms with van der Waals surface area (Å²) in [5.41, 5.74) is -1.01. The average molecular weight is 378 g/mol. The van der Waals surface area contributed by atoms with Crippen LogP contribution in [0.3, 0.4) is 0 Å². The Kier molecular flexibility index (Phi) is 4.75. The second-order valence-corrected chi connectivity index (χ2v) is 7.91. The van der Waals surface area contributed by atoms with Crippen LogP contribution < -0.4 is 4.72 Å². The van der Waals surface area contributed by atoms with Gasteiger partial charge in [-0.2, -0.15) is 9.98 Å². The minimum Gasteiger partial charge on any atom is -0.207 e. The summed E-state index contributed by atoms with van der Waals surface area (Å²) in [5, 5.41) is 9.48. The highest BCUT2D eigenvalue weighted by atomic mass is 79.9. The summed E-state index contributed by atoms with van der Waals surface area (Å²) in [6, 6.07) is 6.70. The quantitative estimate of drug-likeness (QED) is 0.875. The van der Waals surface area contributed by atoms with Crippen LogP contribution in [0.5, 0.6) is 0 Å². The molecule has 0 atom stereocenters. The van der Waals surface area contributed by atoms with Crippen molar-refractivity contribution in [2.24, 2.45) is 0 Å². The highest BCUT2D eigenvalue weighted by molar-refractivity contribution is 9.10. The molecule has 0 unspecified atom stereocenters. The fourth-order valence-electron chi connectivity index (χ4n) is 2.40. The second kappa shape index (κ2) is 6.02. The molecule has 7 heteroatoms. The minimum absolute atomic E-state index is 0.00238. The first-order chi connectivity index (χ1) is 9.38. The summed E-state index contributed by atoms with van der Waals surface area (Å²) in [7, 11) is -3.80. The summed E-state index contributed by atoms with van der Waals surface area (Å²) in [6.07, 6.45) is 3.81. The van der Waals surface area contributed by atoms with Gasteiger partial charge in [-0.3, -0.25) is 0 Å². The van der Waals surface area contributed by atoms with E-state index in [0.717, 1.165) is 19.3 Å². The molecule has 2 rings (SSSR count). The lowest BCUT2D eigenvalue weighted by Gasteiger charge is -2.31. The monoisotopic (exact) mass is 376 g/mol. The van der Waals surface area contributed by atoms with Gasteiger partial charge >= 0.3 is 0 Å². The SMILES string of the molecule is N#CC1(NS(=O)(=O)c2ccc(Br)cc2Cl)CCCCC1. The standard InChI is InChI=1S/C13H14BrClN2O2S/c14-10-4-5-12(11(15)8-10)20(18,19)17-13(9-16)6-2-1-3-7-13/h4-5,8,17H,1-3,6-7H2. The van der Waals surface area contributed by atoms with E-state index in [1.807, 2.05) is 0 Å². The molecule has 20 heavy (non-hydrogen) atoms. The van der Waals surface area contributed by atoms with Crippen LogP contribution >= 0.6 is 27.5 Å². The molecule has 0 spiro atoms. The molecule has 1 aliphatic rings. The van der Waals surface area contributed by atoms with Gasteiger partial charge in [0.05, 0.1) is 11.1 Å². The summed E-state index contributed by atoms with van der Waals surface area (Å²) in [4.78, 5) is 0.00238. The Bertz CT molecular complexity index is 649. The summed E-state index contributed by atoms with van der Waals surface area (Å²) in [6.45, 7) is 0.